The maximum Gasteiger partial charge on any atom is 0.338 e. The van der Waals surface area contributed by atoms with E-state index < -0.39 is 29.7 Å². The van der Waals surface area contributed by atoms with Gasteiger partial charge in [-0.15, -0.1) is 0 Å². The van der Waals surface area contributed by atoms with Crippen molar-refractivity contribution in [1.29, 1.82) is 0 Å². The minimum absolute atomic E-state index is 0.0898. The summed E-state index contributed by atoms with van der Waals surface area (Å²) in [5.74, 6) is -1.77. The van der Waals surface area contributed by atoms with Gasteiger partial charge in [0, 0.05) is 5.56 Å². The molecule has 8 heteroatoms. The number of hydrogen-bond donors (Lipinski definition) is 2. The van der Waals surface area contributed by atoms with Crippen LogP contribution in [0.15, 0.2) is 54.6 Å². The molecule has 1 aliphatic heterocycles. The zero-order valence-corrected chi connectivity index (χ0v) is 15.2. The Labute approximate surface area is 161 Å². The Kier molecular flexibility index (Phi) is 5.81. The number of benzene rings is 2. The van der Waals surface area contributed by atoms with Crippen molar-refractivity contribution in [2.75, 3.05) is 11.5 Å². The fourth-order valence-corrected chi connectivity index (χ4v) is 2.79. The van der Waals surface area contributed by atoms with Crippen molar-refractivity contribution < 1.29 is 23.9 Å². The maximum atomic E-state index is 12.6. The van der Waals surface area contributed by atoms with Gasteiger partial charge in [0.2, 0.25) is 5.91 Å². The number of imide groups is 1. The molecule has 1 saturated heterocycles. The van der Waals surface area contributed by atoms with E-state index in [1.54, 1.807) is 37.3 Å². The van der Waals surface area contributed by atoms with E-state index >= 15 is 0 Å². The van der Waals surface area contributed by atoms with Crippen LogP contribution in [0.3, 0.4) is 0 Å². The van der Waals surface area contributed by atoms with Gasteiger partial charge < -0.3 is 4.74 Å². The molecule has 1 atom stereocenters. The van der Waals surface area contributed by atoms with Crippen LogP contribution in [-0.4, -0.2) is 36.3 Å². The van der Waals surface area contributed by atoms with Crippen molar-refractivity contribution in [1.82, 2.24) is 10.9 Å². The molecule has 3 amide bonds. The van der Waals surface area contributed by atoms with Crippen LogP contribution in [0.2, 0.25) is 0 Å². The monoisotopic (exact) mass is 381 g/mol. The summed E-state index contributed by atoms with van der Waals surface area (Å²) >= 11 is 0. The van der Waals surface area contributed by atoms with Crippen LogP contribution in [-0.2, 0) is 14.3 Å². The Morgan fingerprint density at radius 1 is 1.04 bits per heavy atom. The molecule has 3 rings (SSSR count). The van der Waals surface area contributed by atoms with E-state index in [1.165, 1.54) is 24.3 Å². The maximum absolute atomic E-state index is 12.6. The third-order valence-corrected chi connectivity index (χ3v) is 4.18. The van der Waals surface area contributed by atoms with Gasteiger partial charge in [-0.05, 0) is 43.3 Å². The second-order valence-electron chi connectivity index (χ2n) is 6.06. The number of amides is 3. The van der Waals surface area contributed by atoms with Gasteiger partial charge >= 0.3 is 5.97 Å². The largest absolute Gasteiger partial charge is 0.462 e. The molecule has 1 aliphatic rings. The van der Waals surface area contributed by atoms with Crippen molar-refractivity contribution in [2.45, 2.75) is 19.4 Å². The Hall–Kier alpha value is -3.52. The molecule has 1 fully saturated rings. The number of hydrogen-bond acceptors (Lipinski definition) is 6. The van der Waals surface area contributed by atoms with E-state index in [2.05, 4.69) is 10.9 Å². The van der Waals surface area contributed by atoms with Crippen LogP contribution >= 0.6 is 0 Å². The average molecular weight is 381 g/mol. The summed E-state index contributed by atoms with van der Waals surface area (Å²) in [6, 6.07) is 13.6. The van der Waals surface area contributed by atoms with Crippen LogP contribution in [0, 0.1) is 0 Å². The number of nitrogens with one attached hydrogen (secondary N) is 2. The highest BCUT2D eigenvalue weighted by Gasteiger charge is 2.39. The minimum atomic E-state index is -0.870. The Bertz CT molecular complexity index is 896. The summed E-state index contributed by atoms with van der Waals surface area (Å²) in [5, 5.41) is 0. The Balaban J connectivity index is 1.65. The van der Waals surface area contributed by atoms with Crippen LogP contribution in [0.25, 0.3) is 0 Å². The summed E-state index contributed by atoms with van der Waals surface area (Å²) in [6.07, 6.45) is -0.0898. The molecule has 0 saturated carbocycles. The second kappa shape index (κ2) is 8.45. The van der Waals surface area contributed by atoms with Crippen LogP contribution < -0.4 is 15.8 Å². The lowest BCUT2D eigenvalue weighted by atomic mass is 10.2. The fraction of sp³-hybridized carbons (Fsp3) is 0.200. The zero-order chi connectivity index (χ0) is 20.1. The Morgan fingerprint density at radius 2 is 1.71 bits per heavy atom. The standard InChI is InChI=1S/C20H19N3O5/c1-2-28-20(27)14-8-10-15(11-9-14)23-17(24)12-16(19(23)26)21-22-18(25)13-6-4-3-5-7-13/h3-11,16,21H,2,12H2,1H3,(H,22,25)/t16-/m0/s1. The highest BCUT2D eigenvalue weighted by molar-refractivity contribution is 6.22. The first-order valence-electron chi connectivity index (χ1n) is 8.76. The molecule has 0 aliphatic carbocycles. The lowest BCUT2D eigenvalue weighted by Gasteiger charge is -2.16. The number of carbonyl (C=O) groups is 4. The smallest absolute Gasteiger partial charge is 0.338 e. The van der Waals surface area contributed by atoms with Gasteiger partial charge in [0.15, 0.2) is 0 Å². The predicted octanol–water partition coefficient (Wildman–Crippen LogP) is 1.43. The van der Waals surface area contributed by atoms with E-state index in [9.17, 15) is 19.2 Å². The van der Waals surface area contributed by atoms with E-state index in [0.717, 1.165) is 4.90 Å². The number of nitrogens with zero attached hydrogens (tertiary/aromatic N) is 1. The van der Waals surface area contributed by atoms with Crippen LogP contribution in [0.1, 0.15) is 34.1 Å². The normalized spacial score (nSPS) is 16.2. The van der Waals surface area contributed by atoms with Crippen molar-refractivity contribution in [3.8, 4) is 0 Å². The number of hydrazine groups is 1. The van der Waals surface area contributed by atoms with Crippen LogP contribution in [0.5, 0.6) is 0 Å². The van der Waals surface area contributed by atoms with Gasteiger partial charge in [0.1, 0.15) is 6.04 Å². The number of esters is 1. The first kappa shape index (κ1) is 19.2. The summed E-state index contributed by atoms with van der Waals surface area (Å²) in [5.41, 5.74) is 6.18. The van der Waals surface area contributed by atoms with E-state index in [4.69, 9.17) is 4.74 Å². The lowest BCUT2D eigenvalue weighted by molar-refractivity contribution is -0.121. The number of rotatable bonds is 6. The molecule has 2 N–H and O–H groups in total. The molecule has 144 valence electrons. The fourth-order valence-electron chi connectivity index (χ4n) is 2.79. The molecule has 28 heavy (non-hydrogen) atoms. The van der Waals surface area contributed by atoms with Gasteiger partial charge in [0.05, 0.1) is 24.3 Å². The number of ether oxygens (including phenoxy) is 1. The van der Waals surface area contributed by atoms with E-state index in [1.807, 2.05) is 0 Å². The minimum Gasteiger partial charge on any atom is -0.462 e. The predicted molar refractivity (Wildman–Crippen MR) is 100 cm³/mol. The highest BCUT2D eigenvalue weighted by Crippen LogP contribution is 2.23. The quantitative estimate of drug-likeness (QED) is 0.446. The van der Waals surface area contributed by atoms with Crippen molar-refractivity contribution in [3.63, 3.8) is 0 Å². The first-order chi connectivity index (χ1) is 13.5. The molecule has 2 aromatic carbocycles. The average Bonchev–Trinajstić information content (AvgIpc) is 3.00. The van der Waals surface area contributed by atoms with Gasteiger partial charge in [-0.1, -0.05) is 18.2 Å². The molecule has 8 nitrogen and oxygen atoms in total. The third kappa shape index (κ3) is 4.07. The zero-order valence-electron chi connectivity index (χ0n) is 15.2. The first-order valence-corrected chi connectivity index (χ1v) is 8.76. The molecule has 0 unspecified atom stereocenters. The molecule has 2 aromatic rings. The molecular formula is C20H19N3O5. The molecule has 0 radical (unpaired) electrons. The van der Waals surface area contributed by atoms with Crippen LogP contribution in [0.4, 0.5) is 5.69 Å². The van der Waals surface area contributed by atoms with E-state index in [-0.39, 0.29) is 13.0 Å². The number of carbonyl (C=O) groups excluding carboxylic acids is 4. The van der Waals surface area contributed by atoms with Crippen molar-refractivity contribution >= 4 is 29.4 Å². The van der Waals surface area contributed by atoms with Crippen molar-refractivity contribution in [3.05, 3.63) is 65.7 Å². The summed E-state index contributed by atoms with van der Waals surface area (Å²) < 4.78 is 4.91. The number of anilines is 1. The SMILES string of the molecule is CCOC(=O)c1ccc(N2C(=O)C[C@H](NNC(=O)c3ccccc3)C2=O)cc1. The lowest BCUT2D eigenvalue weighted by Crippen LogP contribution is -2.48. The topological polar surface area (TPSA) is 105 Å². The van der Waals surface area contributed by atoms with Gasteiger partial charge in [-0.25, -0.2) is 15.1 Å². The highest BCUT2D eigenvalue weighted by atomic mass is 16.5. The van der Waals surface area contributed by atoms with Gasteiger partial charge in [-0.3, -0.25) is 19.8 Å². The summed E-state index contributed by atoms with van der Waals surface area (Å²) in [4.78, 5) is 49.7. The third-order valence-electron chi connectivity index (χ3n) is 4.18. The summed E-state index contributed by atoms with van der Waals surface area (Å²) in [7, 11) is 0. The molecule has 0 spiro atoms. The van der Waals surface area contributed by atoms with E-state index in [0.29, 0.717) is 16.8 Å². The molecule has 0 bridgehead atoms. The van der Waals surface area contributed by atoms with Gasteiger partial charge in [0.25, 0.3) is 11.8 Å². The van der Waals surface area contributed by atoms with Crippen molar-refractivity contribution in [2.24, 2.45) is 0 Å². The molecule has 1 heterocycles. The second-order valence-corrected chi connectivity index (χ2v) is 6.06. The summed E-state index contributed by atoms with van der Waals surface area (Å²) in [6.45, 7) is 1.96. The molecule has 0 aromatic heterocycles. The molecular weight excluding hydrogens is 362 g/mol. The van der Waals surface area contributed by atoms with Gasteiger partial charge in [-0.2, -0.15) is 0 Å². The Morgan fingerprint density at radius 3 is 2.36 bits per heavy atom.